The van der Waals surface area contributed by atoms with E-state index in [9.17, 15) is 4.79 Å². The molecule has 0 spiro atoms. The Bertz CT molecular complexity index is 761. The molecule has 0 fully saturated rings. The second kappa shape index (κ2) is 7.19. The minimum Gasteiger partial charge on any atom is -0.444 e. The Hall–Kier alpha value is -2.47. The normalized spacial score (nSPS) is 10.8. The van der Waals surface area contributed by atoms with Gasteiger partial charge in [-0.3, -0.25) is 0 Å². The van der Waals surface area contributed by atoms with Crippen molar-refractivity contribution in [2.75, 3.05) is 6.54 Å². The third-order valence-electron chi connectivity index (χ3n) is 3.28. The van der Waals surface area contributed by atoms with Gasteiger partial charge in [-0.1, -0.05) is 42.2 Å². The van der Waals surface area contributed by atoms with E-state index in [0.29, 0.717) is 13.0 Å². The van der Waals surface area contributed by atoms with Crippen LogP contribution in [-0.2, 0) is 4.74 Å². The lowest BCUT2D eigenvalue weighted by atomic mass is 10.0. The van der Waals surface area contributed by atoms with E-state index < -0.39 is 11.7 Å². The van der Waals surface area contributed by atoms with Crippen molar-refractivity contribution in [3.05, 3.63) is 47.5 Å². The topological polar surface area (TPSA) is 38.3 Å². The van der Waals surface area contributed by atoms with Crippen LogP contribution >= 0.6 is 0 Å². The van der Waals surface area contributed by atoms with E-state index in [4.69, 9.17) is 4.74 Å². The van der Waals surface area contributed by atoms with Crippen LogP contribution in [0.15, 0.2) is 36.4 Å². The average molecular weight is 309 g/mol. The van der Waals surface area contributed by atoms with E-state index in [0.717, 1.165) is 5.56 Å². The fourth-order valence-corrected chi connectivity index (χ4v) is 2.26. The quantitative estimate of drug-likeness (QED) is 0.659. The average Bonchev–Trinajstić information content (AvgIpc) is 2.47. The zero-order chi connectivity index (χ0) is 16.9. The Labute approximate surface area is 138 Å². The smallest absolute Gasteiger partial charge is 0.407 e. The number of hydrogen-bond donors (Lipinski definition) is 1. The van der Waals surface area contributed by atoms with Gasteiger partial charge >= 0.3 is 6.09 Å². The van der Waals surface area contributed by atoms with E-state index in [1.165, 1.54) is 16.3 Å². The summed E-state index contributed by atoms with van der Waals surface area (Å²) in [5.41, 5.74) is 1.79. The van der Waals surface area contributed by atoms with E-state index in [1.807, 2.05) is 39.0 Å². The number of ether oxygens (including phenoxy) is 1. The molecule has 0 atom stereocenters. The molecule has 120 valence electrons. The number of fused-ring (bicyclic) bond motifs is 1. The summed E-state index contributed by atoms with van der Waals surface area (Å²) in [6, 6.07) is 12.4. The van der Waals surface area contributed by atoms with Crippen LogP contribution < -0.4 is 5.32 Å². The molecule has 0 aliphatic rings. The molecule has 0 aliphatic carbocycles. The lowest BCUT2D eigenvalue weighted by molar-refractivity contribution is 0.0529. The number of alkyl carbamates (subject to hydrolysis) is 1. The van der Waals surface area contributed by atoms with Crippen LogP contribution in [0.2, 0.25) is 0 Å². The van der Waals surface area contributed by atoms with Crippen LogP contribution in [0.1, 0.15) is 38.3 Å². The predicted octanol–water partition coefficient (Wildman–Crippen LogP) is 4.41. The van der Waals surface area contributed by atoms with Gasteiger partial charge in [-0.2, -0.15) is 0 Å². The third-order valence-corrected chi connectivity index (χ3v) is 3.28. The SMILES string of the molecule is Cc1ccc(C#CCCNC(=O)OC(C)(C)C)c2ccccc12. The van der Waals surface area contributed by atoms with Gasteiger partial charge in [0.15, 0.2) is 0 Å². The molecule has 23 heavy (non-hydrogen) atoms. The molecule has 0 saturated heterocycles. The van der Waals surface area contributed by atoms with Gasteiger partial charge in [-0.25, -0.2) is 4.79 Å². The highest BCUT2D eigenvalue weighted by Crippen LogP contribution is 2.21. The van der Waals surface area contributed by atoms with Crippen LogP contribution in [0.25, 0.3) is 10.8 Å². The van der Waals surface area contributed by atoms with Crippen molar-refractivity contribution in [1.82, 2.24) is 5.32 Å². The number of hydrogen-bond acceptors (Lipinski definition) is 2. The van der Waals surface area contributed by atoms with Crippen molar-refractivity contribution in [1.29, 1.82) is 0 Å². The highest BCUT2D eigenvalue weighted by Gasteiger charge is 2.15. The van der Waals surface area contributed by atoms with Gasteiger partial charge in [0, 0.05) is 18.5 Å². The first-order chi connectivity index (χ1) is 10.9. The molecule has 0 unspecified atom stereocenters. The molecule has 0 bridgehead atoms. The van der Waals surface area contributed by atoms with Crippen molar-refractivity contribution in [2.45, 2.75) is 39.7 Å². The van der Waals surface area contributed by atoms with Gasteiger partial charge in [0.25, 0.3) is 0 Å². The van der Waals surface area contributed by atoms with Gasteiger partial charge in [-0.15, -0.1) is 0 Å². The molecule has 0 aromatic heterocycles. The second-order valence-corrected chi connectivity index (χ2v) is 6.46. The zero-order valence-electron chi connectivity index (χ0n) is 14.2. The first-order valence-electron chi connectivity index (χ1n) is 7.81. The molecule has 3 nitrogen and oxygen atoms in total. The van der Waals surface area contributed by atoms with Gasteiger partial charge < -0.3 is 10.1 Å². The third kappa shape index (κ3) is 5.03. The number of nitrogens with one attached hydrogen (secondary N) is 1. The van der Waals surface area contributed by atoms with Crippen LogP contribution in [0, 0.1) is 18.8 Å². The summed E-state index contributed by atoms with van der Waals surface area (Å²) < 4.78 is 5.18. The summed E-state index contributed by atoms with van der Waals surface area (Å²) in [4.78, 5) is 11.5. The summed E-state index contributed by atoms with van der Waals surface area (Å²) in [6.07, 6.45) is 0.182. The largest absolute Gasteiger partial charge is 0.444 e. The summed E-state index contributed by atoms with van der Waals surface area (Å²) in [7, 11) is 0. The van der Waals surface area contributed by atoms with Crippen LogP contribution in [0.5, 0.6) is 0 Å². The summed E-state index contributed by atoms with van der Waals surface area (Å²) in [5.74, 6) is 6.31. The van der Waals surface area contributed by atoms with Crippen LogP contribution in [-0.4, -0.2) is 18.2 Å². The number of rotatable bonds is 2. The standard InChI is InChI=1S/C20H23NO2/c1-15-12-13-16(18-11-6-5-10-17(15)18)9-7-8-14-21-19(22)23-20(2,3)4/h5-6,10-13H,8,14H2,1-4H3,(H,21,22). The van der Waals surface area contributed by atoms with E-state index >= 15 is 0 Å². The molecule has 1 amide bonds. The molecule has 0 heterocycles. The van der Waals surface area contributed by atoms with E-state index in [-0.39, 0.29) is 0 Å². The van der Waals surface area contributed by atoms with Gasteiger partial charge in [0.05, 0.1) is 0 Å². The Morgan fingerprint density at radius 1 is 1.13 bits per heavy atom. The molecular formula is C20H23NO2. The molecule has 2 aromatic carbocycles. The number of carbonyl (C=O) groups excluding carboxylic acids is 1. The Balaban J connectivity index is 1.96. The Morgan fingerprint density at radius 2 is 1.83 bits per heavy atom. The molecule has 2 rings (SSSR count). The molecule has 0 radical (unpaired) electrons. The number of benzene rings is 2. The van der Waals surface area contributed by atoms with E-state index in [1.54, 1.807) is 0 Å². The lowest BCUT2D eigenvalue weighted by Gasteiger charge is -2.19. The molecule has 0 aliphatic heterocycles. The highest BCUT2D eigenvalue weighted by atomic mass is 16.6. The fourth-order valence-electron chi connectivity index (χ4n) is 2.26. The van der Waals surface area contributed by atoms with Crippen molar-refractivity contribution in [2.24, 2.45) is 0 Å². The van der Waals surface area contributed by atoms with Crippen LogP contribution in [0.4, 0.5) is 4.79 Å². The lowest BCUT2D eigenvalue weighted by Crippen LogP contribution is -2.32. The minimum absolute atomic E-state index is 0.403. The Kier molecular flexibility index (Phi) is 5.28. The van der Waals surface area contributed by atoms with E-state index in [2.05, 4.69) is 42.3 Å². The summed E-state index contributed by atoms with van der Waals surface area (Å²) in [6.45, 7) is 8.11. The minimum atomic E-state index is -0.476. The number of aryl methyl sites for hydroxylation is 1. The maximum absolute atomic E-state index is 11.5. The van der Waals surface area contributed by atoms with Crippen molar-refractivity contribution >= 4 is 16.9 Å². The zero-order valence-corrected chi connectivity index (χ0v) is 14.2. The summed E-state index contributed by atoms with van der Waals surface area (Å²) in [5, 5.41) is 5.10. The monoisotopic (exact) mass is 309 g/mol. The van der Waals surface area contributed by atoms with Gasteiger partial charge in [-0.05, 0) is 50.1 Å². The van der Waals surface area contributed by atoms with Crippen molar-refractivity contribution < 1.29 is 9.53 Å². The van der Waals surface area contributed by atoms with Crippen molar-refractivity contribution in [3.63, 3.8) is 0 Å². The molecular weight excluding hydrogens is 286 g/mol. The second-order valence-electron chi connectivity index (χ2n) is 6.46. The predicted molar refractivity (Wildman–Crippen MR) is 94.4 cm³/mol. The van der Waals surface area contributed by atoms with Gasteiger partial charge in [0.1, 0.15) is 5.60 Å². The molecule has 1 N–H and O–H groups in total. The molecule has 0 saturated carbocycles. The van der Waals surface area contributed by atoms with Crippen LogP contribution in [0.3, 0.4) is 0 Å². The first kappa shape index (κ1) is 16.9. The number of carbonyl (C=O) groups is 1. The molecule has 2 aromatic rings. The maximum atomic E-state index is 11.5. The fraction of sp³-hybridized carbons (Fsp3) is 0.350. The number of amides is 1. The molecule has 3 heteroatoms. The van der Waals surface area contributed by atoms with Crippen molar-refractivity contribution in [3.8, 4) is 11.8 Å². The Morgan fingerprint density at radius 3 is 2.52 bits per heavy atom. The highest BCUT2D eigenvalue weighted by molar-refractivity contribution is 5.90. The summed E-state index contributed by atoms with van der Waals surface area (Å²) >= 11 is 0. The maximum Gasteiger partial charge on any atom is 0.407 e. The first-order valence-corrected chi connectivity index (χ1v) is 7.81. The van der Waals surface area contributed by atoms with Gasteiger partial charge in [0.2, 0.25) is 0 Å².